The van der Waals surface area contributed by atoms with Gasteiger partial charge in [-0.1, -0.05) is 26.0 Å². The number of benzene rings is 2. The summed E-state index contributed by atoms with van der Waals surface area (Å²) in [5.74, 6) is 3.61. The number of thiol groups is 1. The first kappa shape index (κ1) is 29.7. The summed E-state index contributed by atoms with van der Waals surface area (Å²) in [6, 6.07) is 15.7. The average molecular weight is 413 g/mol. The second kappa shape index (κ2) is 20.3. The van der Waals surface area contributed by atoms with Crippen molar-refractivity contribution in [3.8, 4) is 11.5 Å². The molecule has 7 heteroatoms. The molecule has 2 aromatic rings. The van der Waals surface area contributed by atoms with Crippen LogP contribution in [-0.2, 0) is 0 Å². The molecule has 0 unspecified atom stereocenters. The molecule has 0 radical (unpaired) electrons. The Morgan fingerprint density at radius 2 is 1.44 bits per heavy atom. The Balaban J connectivity index is -0.000000317. The van der Waals surface area contributed by atoms with Gasteiger partial charge in [-0.15, -0.1) is 36.0 Å². The normalized spacial score (nSPS) is 8.24. The molecular formula is C18H26ClNaO3S2. The zero-order valence-corrected chi connectivity index (χ0v) is 20.0. The maximum absolute atomic E-state index is 5.09. The van der Waals surface area contributed by atoms with Crippen molar-refractivity contribution in [2.24, 2.45) is 0 Å². The van der Waals surface area contributed by atoms with Crippen LogP contribution in [0.4, 0.5) is 0 Å². The fourth-order valence-corrected chi connectivity index (χ4v) is 2.39. The number of alkyl halides is 1. The van der Waals surface area contributed by atoms with Crippen LogP contribution in [-0.4, -0.2) is 31.3 Å². The predicted molar refractivity (Wildman–Crippen MR) is 108 cm³/mol. The molecule has 0 bridgehead atoms. The maximum Gasteiger partial charge on any atom is 1.00 e. The first-order valence-electron chi connectivity index (χ1n) is 7.27. The molecule has 0 fully saturated rings. The molecule has 0 aliphatic rings. The molecule has 2 rings (SSSR count). The molecule has 136 valence electrons. The minimum absolute atomic E-state index is 0. The minimum Gasteiger partial charge on any atom is -0.870 e. The van der Waals surface area contributed by atoms with Crippen LogP contribution in [0, 0.1) is 0 Å². The maximum atomic E-state index is 5.09. The van der Waals surface area contributed by atoms with Gasteiger partial charge in [0.1, 0.15) is 11.5 Å². The van der Waals surface area contributed by atoms with Crippen molar-refractivity contribution in [2.75, 3.05) is 25.9 Å². The van der Waals surface area contributed by atoms with Crippen molar-refractivity contribution >= 4 is 36.0 Å². The van der Waals surface area contributed by atoms with E-state index in [9.17, 15) is 0 Å². The quantitative estimate of drug-likeness (QED) is 0.363. The Morgan fingerprint density at radius 1 is 0.960 bits per heavy atom. The number of hydrogen-bond donors (Lipinski definition) is 1. The van der Waals surface area contributed by atoms with Crippen molar-refractivity contribution < 1.29 is 44.5 Å². The van der Waals surface area contributed by atoms with Gasteiger partial charge in [0.25, 0.3) is 0 Å². The van der Waals surface area contributed by atoms with Gasteiger partial charge >= 0.3 is 29.6 Å². The third kappa shape index (κ3) is 15.9. The van der Waals surface area contributed by atoms with E-state index in [0.29, 0.717) is 0 Å². The monoisotopic (exact) mass is 412 g/mol. The molecule has 0 atom stereocenters. The third-order valence-corrected chi connectivity index (χ3v) is 3.56. The molecule has 25 heavy (non-hydrogen) atoms. The summed E-state index contributed by atoms with van der Waals surface area (Å²) in [7, 11) is 3.33. The second-order valence-corrected chi connectivity index (χ2v) is 6.47. The summed E-state index contributed by atoms with van der Waals surface area (Å²) in [6.07, 6.45) is 0. The van der Waals surface area contributed by atoms with Crippen molar-refractivity contribution in [2.45, 2.75) is 23.6 Å². The van der Waals surface area contributed by atoms with E-state index in [1.54, 1.807) is 14.2 Å². The molecule has 0 spiro atoms. The smallest absolute Gasteiger partial charge is 0.870 e. The van der Waals surface area contributed by atoms with E-state index in [2.05, 4.69) is 25.6 Å². The minimum atomic E-state index is 0. The van der Waals surface area contributed by atoms with Crippen LogP contribution in [0.5, 0.6) is 11.5 Å². The number of halogens is 1. The number of rotatable bonds is 4. The van der Waals surface area contributed by atoms with E-state index in [-0.39, 0.29) is 35.0 Å². The Labute approximate surface area is 188 Å². The molecular weight excluding hydrogens is 387 g/mol. The van der Waals surface area contributed by atoms with Gasteiger partial charge in [0.05, 0.1) is 14.2 Å². The molecule has 2 aromatic carbocycles. The second-order valence-electron chi connectivity index (χ2n) is 4.08. The molecule has 0 amide bonds. The largest absolute Gasteiger partial charge is 1.00 e. The summed E-state index contributed by atoms with van der Waals surface area (Å²) in [4.78, 5) is 2.20. The van der Waals surface area contributed by atoms with Gasteiger partial charge < -0.3 is 14.9 Å². The fourth-order valence-electron chi connectivity index (χ4n) is 1.47. The Morgan fingerprint density at radius 3 is 1.84 bits per heavy atom. The summed E-state index contributed by atoms with van der Waals surface area (Å²) >= 11 is 11.0. The number of ether oxygens (including phenoxy) is 2. The van der Waals surface area contributed by atoms with Crippen molar-refractivity contribution in [3.63, 3.8) is 0 Å². The average Bonchev–Trinajstić information content (AvgIpc) is 2.57. The summed E-state index contributed by atoms with van der Waals surface area (Å²) < 4.78 is 10.0. The molecule has 0 aromatic heterocycles. The Kier molecular flexibility index (Phi) is 24.2. The summed E-state index contributed by atoms with van der Waals surface area (Å²) in [5.41, 5.74) is 0. The van der Waals surface area contributed by atoms with Gasteiger partial charge in [0, 0.05) is 15.7 Å². The molecule has 0 saturated heterocycles. The number of hydrogen-bond acceptors (Lipinski definition) is 5. The van der Waals surface area contributed by atoms with Crippen molar-refractivity contribution in [3.05, 3.63) is 48.5 Å². The van der Waals surface area contributed by atoms with Gasteiger partial charge in [0.15, 0.2) is 0 Å². The van der Waals surface area contributed by atoms with Crippen LogP contribution in [0.2, 0.25) is 0 Å². The first-order chi connectivity index (χ1) is 11.1. The van der Waals surface area contributed by atoms with Crippen LogP contribution in [0.25, 0.3) is 0 Å². The van der Waals surface area contributed by atoms with Gasteiger partial charge in [-0.05, 0) is 42.2 Å². The van der Waals surface area contributed by atoms with E-state index in [1.165, 1.54) is 4.90 Å². The molecule has 0 aliphatic heterocycles. The van der Waals surface area contributed by atoms with Crippen LogP contribution >= 0.6 is 36.0 Å². The number of methoxy groups -OCH3 is 2. The van der Waals surface area contributed by atoms with Crippen LogP contribution in [0.15, 0.2) is 58.3 Å². The van der Waals surface area contributed by atoms with Gasteiger partial charge in [-0.25, -0.2) is 0 Å². The van der Waals surface area contributed by atoms with Crippen LogP contribution in [0.1, 0.15) is 13.8 Å². The summed E-state index contributed by atoms with van der Waals surface area (Å²) in [6.45, 7) is 4.03. The summed E-state index contributed by atoms with van der Waals surface area (Å²) in [5, 5.41) is 0. The molecule has 0 heterocycles. The van der Waals surface area contributed by atoms with Crippen molar-refractivity contribution in [1.29, 1.82) is 0 Å². The Hall–Kier alpha value is -0.01000. The Bertz CT molecular complexity index is 545. The SMILES string of the molecule is CCCl.CCSc1cccc(OC)c1.COc1cccc(S)c1.[Na+].[OH-]. The van der Waals surface area contributed by atoms with E-state index in [4.69, 9.17) is 21.1 Å². The topological polar surface area (TPSA) is 48.5 Å². The molecule has 0 aliphatic carbocycles. The first-order valence-corrected chi connectivity index (χ1v) is 9.23. The van der Waals surface area contributed by atoms with E-state index >= 15 is 0 Å². The van der Waals surface area contributed by atoms with E-state index in [0.717, 1.165) is 28.0 Å². The van der Waals surface area contributed by atoms with Crippen LogP contribution < -0.4 is 39.0 Å². The van der Waals surface area contributed by atoms with Gasteiger partial charge in [0.2, 0.25) is 0 Å². The van der Waals surface area contributed by atoms with E-state index in [1.807, 2.05) is 61.2 Å². The van der Waals surface area contributed by atoms with Gasteiger partial charge in [-0.2, -0.15) is 0 Å². The van der Waals surface area contributed by atoms with Crippen molar-refractivity contribution in [1.82, 2.24) is 0 Å². The predicted octanol–water partition coefficient (Wildman–Crippen LogP) is 2.86. The van der Waals surface area contributed by atoms with E-state index < -0.39 is 0 Å². The molecule has 3 nitrogen and oxygen atoms in total. The number of thioether (sulfide) groups is 1. The standard InChI is InChI=1S/C9H12OS.C7H8OS.C2H5Cl.Na.H2O/c1-3-11-9-6-4-5-8(7-9)10-2;1-8-6-3-2-4-7(9)5-6;1-2-3;;/h4-7H,3H2,1-2H3;2-5,9H,1H3;2H2,1H3;;1H2/q;;;+1;/p-1. The molecule has 1 N–H and O–H groups in total. The third-order valence-electron chi connectivity index (χ3n) is 2.41. The van der Waals surface area contributed by atoms with Crippen LogP contribution in [0.3, 0.4) is 0 Å². The molecule has 0 saturated carbocycles. The fraction of sp³-hybridized carbons (Fsp3) is 0.333. The van der Waals surface area contributed by atoms with Gasteiger partial charge in [-0.3, -0.25) is 0 Å². The zero-order valence-electron chi connectivity index (χ0n) is 15.5. The zero-order chi connectivity index (χ0) is 17.5.